The summed E-state index contributed by atoms with van der Waals surface area (Å²) >= 11 is 3.04. The summed E-state index contributed by atoms with van der Waals surface area (Å²) in [5, 5.41) is 16.6. The number of nitrogens with zero attached hydrogens (tertiary/aromatic N) is 1. The molecular formula is C14H18N2O3S2. The Bertz CT molecular complexity index is 575. The van der Waals surface area contributed by atoms with E-state index in [9.17, 15) is 4.79 Å². The third kappa shape index (κ3) is 4.10. The highest BCUT2D eigenvalue weighted by molar-refractivity contribution is 7.20. The number of thiazole rings is 1. The molecule has 21 heavy (non-hydrogen) atoms. The van der Waals surface area contributed by atoms with E-state index in [2.05, 4.69) is 10.3 Å². The Hall–Kier alpha value is -1.28. The van der Waals surface area contributed by atoms with Crippen molar-refractivity contribution in [1.82, 2.24) is 10.3 Å². The fraction of sp³-hybridized carbons (Fsp3) is 0.429. The highest BCUT2D eigenvalue weighted by atomic mass is 32.1. The minimum Gasteiger partial charge on any atom is -0.396 e. The number of aromatic nitrogens is 1. The van der Waals surface area contributed by atoms with Crippen LogP contribution in [0.15, 0.2) is 22.9 Å². The molecule has 2 N–H and O–H groups in total. The molecule has 0 saturated heterocycles. The van der Waals surface area contributed by atoms with E-state index in [1.165, 1.54) is 11.3 Å². The molecule has 0 spiro atoms. The summed E-state index contributed by atoms with van der Waals surface area (Å²) in [6, 6.07) is 3.93. The van der Waals surface area contributed by atoms with Gasteiger partial charge in [0, 0.05) is 19.1 Å². The van der Waals surface area contributed by atoms with Gasteiger partial charge in [-0.3, -0.25) is 4.79 Å². The van der Waals surface area contributed by atoms with Crippen LogP contribution >= 0.6 is 22.7 Å². The number of hydrogen-bond donors (Lipinski definition) is 2. The first-order chi connectivity index (χ1) is 10.1. The maximum Gasteiger partial charge on any atom is 0.271 e. The van der Waals surface area contributed by atoms with Gasteiger partial charge in [-0.1, -0.05) is 6.07 Å². The number of hydrogen-bond acceptors (Lipinski definition) is 6. The minimum absolute atomic E-state index is 0.0162. The molecule has 2 aromatic rings. The molecule has 0 saturated carbocycles. The van der Waals surface area contributed by atoms with Crippen molar-refractivity contribution in [3.63, 3.8) is 0 Å². The first-order valence-electron chi connectivity index (χ1n) is 6.50. The monoisotopic (exact) mass is 326 g/mol. The second kappa shape index (κ2) is 7.13. The summed E-state index contributed by atoms with van der Waals surface area (Å²) in [7, 11) is 1.57. The first kappa shape index (κ1) is 16.1. The highest BCUT2D eigenvalue weighted by Gasteiger charge is 2.27. The molecule has 0 fully saturated rings. The minimum atomic E-state index is -0.604. The Balaban J connectivity index is 2.09. The Kier molecular flexibility index (Phi) is 5.46. The van der Waals surface area contributed by atoms with Crippen LogP contribution in [0.2, 0.25) is 0 Å². The SMILES string of the molecule is COCC(C)(CCO)NC(=O)c1csc(-c2cccs2)n1. The summed E-state index contributed by atoms with van der Waals surface area (Å²) in [6.45, 7) is 2.16. The van der Waals surface area contributed by atoms with Crippen molar-refractivity contribution in [2.45, 2.75) is 18.9 Å². The van der Waals surface area contributed by atoms with E-state index in [0.29, 0.717) is 18.7 Å². The largest absolute Gasteiger partial charge is 0.396 e. The zero-order valence-corrected chi connectivity index (χ0v) is 13.6. The van der Waals surface area contributed by atoms with Gasteiger partial charge >= 0.3 is 0 Å². The van der Waals surface area contributed by atoms with Gasteiger partial charge in [-0.05, 0) is 24.8 Å². The fourth-order valence-electron chi connectivity index (χ4n) is 1.97. The quantitative estimate of drug-likeness (QED) is 0.819. The van der Waals surface area contributed by atoms with Gasteiger partial charge < -0.3 is 15.2 Å². The van der Waals surface area contributed by atoms with Gasteiger partial charge in [0.2, 0.25) is 0 Å². The average Bonchev–Trinajstić information content (AvgIpc) is 3.10. The Labute approximate surface area is 131 Å². The molecule has 0 radical (unpaired) electrons. The number of amides is 1. The van der Waals surface area contributed by atoms with Gasteiger partial charge in [0.25, 0.3) is 5.91 Å². The molecule has 1 unspecified atom stereocenters. The van der Waals surface area contributed by atoms with E-state index in [-0.39, 0.29) is 12.5 Å². The lowest BCUT2D eigenvalue weighted by Gasteiger charge is -2.29. The van der Waals surface area contributed by atoms with Crippen LogP contribution < -0.4 is 5.32 Å². The van der Waals surface area contributed by atoms with Crippen LogP contribution in [0.1, 0.15) is 23.8 Å². The Morgan fingerprint density at radius 1 is 1.52 bits per heavy atom. The number of ether oxygens (including phenoxy) is 1. The molecule has 0 bridgehead atoms. The second-order valence-electron chi connectivity index (χ2n) is 4.94. The van der Waals surface area contributed by atoms with E-state index in [1.807, 2.05) is 24.4 Å². The topological polar surface area (TPSA) is 71.5 Å². The molecule has 0 aliphatic carbocycles. The molecule has 2 aromatic heterocycles. The van der Waals surface area contributed by atoms with E-state index < -0.39 is 5.54 Å². The number of rotatable bonds is 7. The molecule has 1 amide bonds. The van der Waals surface area contributed by atoms with Gasteiger partial charge in [-0.2, -0.15) is 0 Å². The molecule has 0 aliphatic rings. The van der Waals surface area contributed by atoms with Gasteiger partial charge in [-0.15, -0.1) is 22.7 Å². The molecule has 2 heterocycles. The number of aliphatic hydroxyl groups is 1. The second-order valence-corrected chi connectivity index (χ2v) is 6.74. The molecule has 2 rings (SSSR count). The maximum atomic E-state index is 12.3. The van der Waals surface area contributed by atoms with Crippen LogP contribution in [-0.4, -0.2) is 41.9 Å². The molecule has 1 atom stereocenters. The van der Waals surface area contributed by atoms with Crippen LogP contribution in [0.5, 0.6) is 0 Å². The van der Waals surface area contributed by atoms with Crippen molar-refractivity contribution in [2.75, 3.05) is 20.3 Å². The number of carbonyl (C=O) groups is 1. The zero-order valence-electron chi connectivity index (χ0n) is 12.0. The third-order valence-corrected chi connectivity index (χ3v) is 4.89. The van der Waals surface area contributed by atoms with Crippen molar-refractivity contribution < 1.29 is 14.6 Å². The van der Waals surface area contributed by atoms with E-state index in [1.54, 1.807) is 23.8 Å². The lowest BCUT2D eigenvalue weighted by Crippen LogP contribution is -2.50. The maximum absolute atomic E-state index is 12.3. The normalized spacial score (nSPS) is 13.9. The van der Waals surface area contributed by atoms with E-state index in [4.69, 9.17) is 9.84 Å². The predicted octanol–water partition coefficient (Wildman–Crippen LogP) is 2.39. The van der Waals surface area contributed by atoms with Gasteiger partial charge in [0.1, 0.15) is 10.7 Å². The van der Waals surface area contributed by atoms with Crippen molar-refractivity contribution in [3.8, 4) is 9.88 Å². The molecule has 7 heteroatoms. The summed E-state index contributed by atoms with van der Waals surface area (Å²) < 4.78 is 5.12. The third-order valence-electron chi connectivity index (χ3n) is 3.01. The number of aliphatic hydroxyl groups excluding tert-OH is 1. The number of nitrogens with one attached hydrogen (secondary N) is 1. The van der Waals surface area contributed by atoms with Crippen LogP contribution in [-0.2, 0) is 4.74 Å². The lowest BCUT2D eigenvalue weighted by atomic mass is 9.99. The van der Waals surface area contributed by atoms with E-state index in [0.717, 1.165) is 9.88 Å². The predicted molar refractivity (Wildman–Crippen MR) is 84.9 cm³/mol. The summed E-state index contributed by atoms with van der Waals surface area (Å²) in [5.74, 6) is -0.248. The molecule has 114 valence electrons. The van der Waals surface area contributed by atoms with Crippen molar-refractivity contribution in [2.24, 2.45) is 0 Å². The van der Waals surface area contributed by atoms with Gasteiger partial charge in [0.15, 0.2) is 0 Å². The Morgan fingerprint density at radius 3 is 2.95 bits per heavy atom. The standard InChI is InChI=1S/C14H18N2O3S2/c1-14(5-6-17,9-19-2)16-12(18)10-8-21-13(15-10)11-4-3-7-20-11/h3-4,7-8,17H,5-6,9H2,1-2H3,(H,16,18). The number of thiophene rings is 1. The molecule has 0 aliphatic heterocycles. The van der Waals surface area contributed by atoms with Crippen LogP contribution in [0.3, 0.4) is 0 Å². The smallest absolute Gasteiger partial charge is 0.271 e. The molecule has 5 nitrogen and oxygen atoms in total. The number of carbonyl (C=O) groups excluding carboxylic acids is 1. The zero-order chi connectivity index (χ0) is 15.3. The van der Waals surface area contributed by atoms with Crippen LogP contribution in [0.4, 0.5) is 0 Å². The summed E-state index contributed by atoms with van der Waals surface area (Å²) in [5.41, 5.74) is -0.212. The highest BCUT2D eigenvalue weighted by Crippen LogP contribution is 2.27. The fourth-order valence-corrected chi connectivity index (χ4v) is 3.58. The Morgan fingerprint density at radius 2 is 2.33 bits per heavy atom. The van der Waals surface area contributed by atoms with Crippen LogP contribution in [0.25, 0.3) is 9.88 Å². The van der Waals surface area contributed by atoms with Crippen LogP contribution in [0, 0.1) is 0 Å². The van der Waals surface area contributed by atoms with Gasteiger partial charge in [0.05, 0.1) is 17.0 Å². The van der Waals surface area contributed by atoms with E-state index >= 15 is 0 Å². The van der Waals surface area contributed by atoms with Crippen molar-refractivity contribution >= 4 is 28.6 Å². The number of methoxy groups -OCH3 is 1. The van der Waals surface area contributed by atoms with Crippen molar-refractivity contribution in [3.05, 3.63) is 28.6 Å². The van der Waals surface area contributed by atoms with Crippen molar-refractivity contribution in [1.29, 1.82) is 0 Å². The first-order valence-corrected chi connectivity index (χ1v) is 8.25. The summed E-state index contributed by atoms with van der Waals surface area (Å²) in [4.78, 5) is 17.7. The lowest BCUT2D eigenvalue weighted by molar-refractivity contribution is 0.0722. The average molecular weight is 326 g/mol. The summed E-state index contributed by atoms with van der Waals surface area (Å²) in [6.07, 6.45) is 0.425. The molecular weight excluding hydrogens is 308 g/mol. The van der Waals surface area contributed by atoms with Gasteiger partial charge in [-0.25, -0.2) is 4.98 Å². The molecule has 0 aromatic carbocycles.